The summed E-state index contributed by atoms with van der Waals surface area (Å²) < 4.78 is 0. The van der Waals surface area contributed by atoms with Crippen LogP contribution in [0.2, 0.25) is 0 Å². The summed E-state index contributed by atoms with van der Waals surface area (Å²) in [6.45, 7) is 4.08. The van der Waals surface area contributed by atoms with Crippen LogP contribution in [0.3, 0.4) is 0 Å². The maximum absolute atomic E-state index is 12.6. The Morgan fingerprint density at radius 2 is 1.66 bits per heavy atom. The SMILES string of the molecule is CCC(CNC(=O)C1CCN(C(=O)/C=C/c2ccccc2)CC1)c1ccccc1. The Kier molecular flexibility index (Phi) is 7.62. The minimum atomic E-state index is -0.00886. The molecular formula is C25H30N2O2. The zero-order valence-corrected chi connectivity index (χ0v) is 17.1. The molecule has 1 aliphatic rings. The van der Waals surface area contributed by atoms with Crippen molar-refractivity contribution in [1.82, 2.24) is 10.2 Å². The van der Waals surface area contributed by atoms with Crippen molar-refractivity contribution in [2.24, 2.45) is 5.92 Å². The number of benzene rings is 2. The van der Waals surface area contributed by atoms with E-state index in [0.29, 0.717) is 25.6 Å². The molecule has 1 fully saturated rings. The molecular weight excluding hydrogens is 360 g/mol. The fraction of sp³-hybridized carbons (Fsp3) is 0.360. The fourth-order valence-corrected chi connectivity index (χ4v) is 3.79. The second kappa shape index (κ2) is 10.6. The van der Waals surface area contributed by atoms with Crippen LogP contribution >= 0.6 is 0 Å². The zero-order valence-electron chi connectivity index (χ0n) is 17.1. The molecule has 152 valence electrons. The Labute approximate surface area is 173 Å². The Balaban J connectivity index is 1.44. The van der Waals surface area contributed by atoms with E-state index in [1.54, 1.807) is 6.08 Å². The summed E-state index contributed by atoms with van der Waals surface area (Å²) in [4.78, 5) is 26.8. The van der Waals surface area contributed by atoms with Crippen LogP contribution in [-0.2, 0) is 9.59 Å². The zero-order chi connectivity index (χ0) is 20.5. The number of nitrogens with one attached hydrogen (secondary N) is 1. The molecule has 2 aromatic carbocycles. The molecule has 29 heavy (non-hydrogen) atoms. The molecule has 1 saturated heterocycles. The molecule has 1 unspecified atom stereocenters. The first kappa shape index (κ1) is 20.8. The second-order valence-electron chi connectivity index (χ2n) is 7.60. The van der Waals surface area contributed by atoms with Crippen LogP contribution in [0.15, 0.2) is 66.7 Å². The normalized spacial score (nSPS) is 16.0. The van der Waals surface area contributed by atoms with Gasteiger partial charge in [0.25, 0.3) is 0 Å². The van der Waals surface area contributed by atoms with E-state index in [1.165, 1.54) is 5.56 Å². The van der Waals surface area contributed by atoms with E-state index in [-0.39, 0.29) is 17.7 Å². The molecule has 4 nitrogen and oxygen atoms in total. The summed E-state index contributed by atoms with van der Waals surface area (Å²) in [6.07, 6.45) is 5.90. The van der Waals surface area contributed by atoms with Crippen LogP contribution in [0, 0.1) is 5.92 Å². The van der Waals surface area contributed by atoms with Crippen molar-refractivity contribution in [3.8, 4) is 0 Å². The lowest BCUT2D eigenvalue weighted by Gasteiger charge is -2.31. The van der Waals surface area contributed by atoms with Gasteiger partial charge in [-0.3, -0.25) is 9.59 Å². The highest BCUT2D eigenvalue weighted by Crippen LogP contribution is 2.20. The van der Waals surface area contributed by atoms with Crippen molar-refractivity contribution in [3.05, 3.63) is 77.9 Å². The number of piperidine rings is 1. The van der Waals surface area contributed by atoms with Crippen LogP contribution < -0.4 is 5.32 Å². The lowest BCUT2D eigenvalue weighted by molar-refractivity contribution is -0.132. The van der Waals surface area contributed by atoms with E-state index in [1.807, 2.05) is 59.5 Å². The van der Waals surface area contributed by atoms with E-state index < -0.39 is 0 Å². The van der Waals surface area contributed by atoms with Crippen LogP contribution in [0.1, 0.15) is 43.2 Å². The molecule has 2 aromatic rings. The highest BCUT2D eigenvalue weighted by atomic mass is 16.2. The lowest BCUT2D eigenvalue weighted by Crippen LogP contribution is -2.43. The topological polar surface area (TPSA) is 49.4 Å². The summed E-state index contributed by atoms with van der Waals surface area (Å²) in [5, 5.41) is 3.14. The molecule has 1 atom stereocenters. The summed E-state index contributed by atoms with van der Waals surface area (Å²) >= 11 is 0. The highest BCUT2D eigenvalue weighted by molar-refractivity contribution is 5.92. The Morgan fingerprint density at radius 3 is 2.28 bits per heavy atom. The van der Waals surface area contributed by atoms with Crippen molar-refractivity contribution in [2.45, 2.75) is 32.1 Å². The van der Waals surface area contributed by atoms with Gasteiger partial charge in [0.15, 0.2) is 0 Å². The minimum Gasteiger partial charge on any atom is -0.355 e. The predicted molar refractivity (Wildman–Crippen MR) is 117 cm³/mol. The van der Waals surface area contributed by atoms with Gasteiger partial charge in [0.2, 0.25) is 11.8 Å². The average Bonchev–Trinajstić information content (AvgIpc) is 2.79. The molecule has 3 rings (SSSR count). The molecule has 0 aliphatic carbocycles. The molecule has 2 amide bonds. The summed E-state index contributed by atoms with van der Waals surface area (Å²) in [5.74, 6) is 0.463. The Hall–Kier alpha value is -2.88. The van der Waals surface area contributed by atoms with E-state index in [2.05, 4.69) is 24.4 Å². The van der Waals surface area contributed by atoms with Crippen LogP contribution in [0.4, 0.5) is 0 Å². The number of rotatable bonds is 7. The van der Waals surface area contributed by atoms with E-state index in [4.69, 9.17) is 0 Å². The van der Waals surface area contributed by atoms with Gasteiger partial charge in [-0.2, -0.15) is 0 Å². The van der Waals surface area contributed by atoms with Crippen LogP contribution in [0.5, 0.6) is 0 Å². The van der Waals surface area contributed by atoms with Gasteiger partial charge in [-0.1, -0.05) is 67.6 Å². The molecule has 1 heterocycles. The van der Waals surface area contributed by atoms with Crippen LogP contribution in [0.25, 0.3) is 6.08 Å². The monoisotopic (exact) mass is 390 g/mol. The van der Waals surface area contributed by atoms with Gasteiger partial charge in [-0.05, 0) is 36.5 Å². The predicted octanol–water partition coefficient (Wildman–Crippen LogP) is 4.25. The lowest BCUT2D eigenvalue weighted by atomic mass is 9.94. The Bertz CT molecular complexity index is 809. The number of hydrogen-bond acceptors (Lipinski definition) is 2. The molecule has 0 spiro atoms. The van der Waals surface area contributed by atoms with Crippen molar-refractivity contribution in [1.29, 1.82) is 0 Å². The molecule has 0 bridgehead atoms. The van der Waals surface area contributed by atoms with E-state index >= 15 is 0 Å². The van der Waals surface area contributed by atoms with Crippen molar-refractivity contribution in [2.75, 3.05) is 19.6 Å². The number of amides is 2. The minimum absolute atomic E-state index is 0.00886. The number of nitrogens with zero attached hydrogens (tertiary/aromatic N) is 1. The maximum atomic E-state index is 12.6. The Morgan fingerprint density at radius 1 is 1.03 bits per heavy atom. The number of hydrogen-bond donors (Lipinski definition) is 1. The first-order valence-corrected chi connectivity index (χ1v) is 10.5. The number of likely N-dealkylation sites (tertiary alicyclic amines) is 1. The fourth-order valence-electron chi connectivity index (χ4n) is 3.79. The largest absolute Gasteiger partial charge is 0.355 e. The average molecular weight is 391 g/mol. The standard InChI is InChI=1S/C25H30N2O2/c1-2-21(22-11-7-4-8-12-22)19-26-25(29)23-15-17-27(18-16-23)24(28)14-13-20-9-5-3-6-10-20/h3-14,21,23H,2,15-19H2,1H3,(H,26,29)/b14-13+. The summed E-state index contributed by atoms with van der Waals surface area (Å²) in [5.41, 5.74) is 2.28. The first-order valence-electron chi connectivity index (χ1n) is 10.5. The molecule has 0 saturated carbocycles. The molecule has 4 heteroatoms. The second-order valence-corrected chi connectivity index (χ2v) is 7.60. The van der Waals surface area contributed by atoms with Gasteiger partial charge in [0.1, 0.15) is 0 Å². The highest BCUT2D eigenvalue weighted by Gasteiger charge is 2.26. The first-order chi connectivity index (χ1) is 14.2. The summed E-state index contributed by atoms with van der Waals surface area (Å²) in [7, 11) is 0. The number of carbonyl (C=O) groups is 2. The van der Waals surface area contributed by atoms with Crippen molar-refractivity contribution in [3.63, 3.8) is 0 Å². The van der Waals surface area contributed by atoms with Gasteiger partial charge in [0.05, 0.1) is 0 Å². The van der Waals surface area contributed by atoms with E-state index in [9.17, 15) is 9.59 Å². The van der Waals surface area contributed by atoms with Crippen molar-refractivity contribution >= 4 is 17.9 Å². The molecule has 1 N–H and O–H groups in total. The van der Waals surface area contributed by atoms with Gasteiger partial charge < -0.3 is 10.2 Å². The molecule has 0 radical (unpaired) electrons. The van der Waals surface area contributed by atoms with Crippen LogP contribution in [-0.4, -0.2) is 36.3 Å². The third-order valence-corrected chi connectivity index (χ3v) is 5.68. The third kappa shape index (κ3) is 6.05. The third-order valence-electron chi connectivity index (χ3n) is 5.68. The molecule has 1 aliphatic heterocycles. The van der Waals surface area contributed by atoms with Crippen molar-refractivity contribution < 1.29 is 9.59 Å². The van der Waals surface area contributed by atoms with Gasteiger partial charge in [-0.25, -0.2) is 0 Å². The quantitative estimate of drug-likeness (QED) is 0.719. The number of carbonyl (C=O) groups excluding carboxylic acids is 2. The molecule has 0 aromatic heterocycles. The van der Waals surface area contributed by atoms with E-state index in [0.717, 1.165) is 24.8 Å². The van der Waals surface area contributed by atoms with Gasteiger partial charge >= 0.3 is 0 Å². The van der Waals surface area contributed by atoms with Gasteiger partial charge in [0, 0.05) is 37.5 Å². The maximum Gasteiger partial charge on any atom is 0.246 e. The summed E-state index contributed by atoms with van der Waals surface area (Å²) in [6, 6.07) is 20.1. The van der Waals surface area contributed by atoms with Gasteiger partial charge in [-0.15, -0.1) is 0 Å². The smallest absolute Gasteiger partial charge is 0.246 e.